The predicted octanol–water partition coefficient (Wildman–Crippen LogP) is 2.78. The van der Waals surface area contributed by atoms with Crippen molar-refractivity contribution < 1.29 is 4.79 Å². The zero-order valence-electron chi connectivity index (χ0n) is 15.8. The lowest BCUT2D eigenvalue weighted by atomic mass is 10.2. The van der Waals surface area contributed by atoms with Crippen LogP contribution in [-0.4, -0.2) is 38.9 Å². The van der Waals surface area contributed by atoms with Crippen LogP contribution in [0.4, 0.5) is 16.3 Å². The topological polar surface area (TPSA) is 87.5 Å². The molecule has 0 radical (unpaired) electrons. The maximum Gasteiger partial charge on any atom is 0.321 e. The minimum absolute atomic E-state index is 0.0237. The van der Waals surface area contributed by atoms with Gasteiger partial charge in [-0.1, -0.05) is 19.1 Å². The van der Waals surface area contributed by atoms with Gasteiger partial charge in [0.15, 0.2) is 11.5 Å². The highest BCUT2D eigenvalue weighted by atomic mass is 16.2. The van der Waals surface area contributed by atoms with Gasteiger partial charge in [-0.25, -0.2) is 4.79 Å². The molecule has 3 aromatic rings. The number of hydrogen-bond donors (Lipinski definition) is 2. The lowest BCUT2D eigenvalue weighted by Crippen LogP contribution is -2.46. The maximum atomic E-state index is 12.0. The molecule has 2 N–H and O–H groups in total. The normalized spacial score (nSPS) is 21.6. The van der Waals surface area contributed by atoms with Gasteiger partial charge in [0.25, 0.3) is 0 Å². The van der Waals surface area contributed by atoms with Crippen molar-refractivity contribution in [3.05, 3.63) is 47.8 Å². The zero-order chi connectivity index (χ0) is 19.1. The molecule has 144 valence electrons. The molecule has 2 fully saturated rings. The van der Waals surface area contributed by atoms with Crippen molar-refractivity contribution in [1.29, 1.82) is 0 Å². The lowest BCUT2D eigenvalue weighted by Gasteiger charge is -2.27. The molecule has 8 heteroatoms. The van der Waals surface area contributed by atoms with E-state index in [1.165, 1.54) is 0 Å². The monoisotopic (exact) mass is 377 g/mol. The average Bonchev–Trinajstić information content (AvgIpc) is 3.30. The second kappa shape index (κ2) is 6.78. The molecule has 8 nitrogen and oxygen atoms in total. The third-order valence-corrected chi connectivity index (χ3v) is 5.53. The first-order valence-electron chi connectivity index (χ1n) is 9.79. The summed E-state index contributed by atoms with van der Waals surface area (Å²) in [6.45, 7) is 4.39. The summed E-state index contributed by atoms with van der Waals surface area (Å²) in [5, 5.41) is 19.4. The van der Waals surface area contributed by atoms with Gasteiger partial charge in [-0.3, -0.25) is 4.90 Å². The van der Waals surface area contributed by atoms with Gasteiger partial charge in [0.2, 0.25) is 0 Å². The largest absolute Gasteiger partial charge is 0.365 e. The van der Waals surface area contributed by atoms with Crippen LogP contribution >= 0.6 is 0 Å². The fourth-order valence-corrected chi connectivity index (χ4v) is 3.68. The number of urea groups is 1. The number of amides is 2. The van der Waals surface area contributed by atoms with E-state index < -0.39 is 0 Å². The van der Waals surface area contributed by atoms with Crippen LogP contribution in [0.2, 0.25) is 0 Å². The Labute approximate surface area is 162 Å². The Morgan fingerprint density at radius 1 is 1.18 bits per heavy atom. The molecule has 0 bridgehead atoms. The molecule has 2 amide bonds. The predicted molar refractivity (Wildman–Crippen MR) is 106 cm³/mol. The van der Waals surface area contributed by atoms with Gasteiger partial charge in [-0.15, -0.1) is 15.3 Å². The van der Waals surface area contributed by atoms with Gasteiger partial charge < -0.3 is 10.6 Å². The van der Waals surface area contributed by atoms with E-state index >= 15 is 0 Å². The molecule has 0 spiro atoms. The number of hydrogen-bond acceptors (Lipinski definition) is 5. The number of fused-ring (bicyclic) bond motifs is 1. The van der Waals surface area contributed by atoms with Gasteiger partial charge in [-0.2, -0.15) is 4.52 Å². The van der Waals surface area contributed by atoms with Gasteiger partial charge in [0.05, 0.1) is 0 Å². The minimum atomic E-state index is -0.0237. The highest BCUT2D eigenvalue weighted by molar-refractivity contribution is 5.92. The molecule has 1 saturated carbocycles. The quantitative estimate of drug-likeness (QED) is 0.714. The summed E-state index contributed by atoms with van der Waals surface area (Å²) in [5.41, 5.74) is 2.83. The van der Waals surface area contributed by atoms with E-state index in [1.807, 2.05) is 40.9 Å². The first kappa shape index (κ1) is 17.0. The fraction of sp³-hybridized carbons (Fsp3) is 0.400. The van der Waals surface area contributed by atoms with Crippen LogP contribution in [0.5, 0.6) is 0 Å². The molecule has 2 unspecified atom stereocenters. The van der Waals surface area contributed by atoms with Crippen molar-refractivity contribution in [2.75, 3.05) is 23.3 Å². The highest BCUT2D eigenvalue weighted by Crippen LogP contribution is 2.45. The Kier molecular flexibility index (Phi) is 4.11. The van der Waals surface area contributed by atoms with E-state index in [0.29, 0.717) is 18.4 Å². The molecule has 2 aromatic heterocycles. The molecule has 1 saturated heterocycles. The van der Waals surface area contributed by atoms with Crippen LogP contribution in [-0.2, 0) is 6.54 Å². The Bertz CT molecular complexity index is 1010. The summed E-state index contributed by atoms with van der Waals surface area (Å²) in [6.07, 6.45) is 2.12. The Morgan fingerprint density at radius 2 is 2.00 bits per heavy atom. The van der Waals surface area contributed by atoms with Crippen LogP contribution in [0.1, 0.15) is 37.1 Å². The molecule has 2 aliphatic rings. The summed E-state index contributed by atoms with van der Waals surface area (Å²) in [5.74, 6) is 2.88. The van der Waals surface area contributed by atoms with Crippen LogP contribution in [0.3, 0.4) is 0 Å². The van der Waals surface area contributed by atoms with Crippen molar-refractivity contribution in [2.45, 2.75) is 32.2 Å². The van der Waals surface area contributed by atoms with E-state index in [-0.39, 0.29) is 6.03 Å². The van der Waals surface area contributed by atoms with E-state index in [4.69, 9.17) is 0 Å². The van der Waals surface area contributed by atoms with E-state index in [9.17, 15) is 4.79 Å². The molecule has 5 rings (SSSR count). The van der Waals surface area contributed by atoms with E-state index in [0.717, 1.165) is 54.5 Å². The number of carbonyl (C=O) groups excluding carboxylic acids is 1. The second-order valence-corrected chi connectivity index (χ2v) is 7.62. The van der Waals surface area contributed by atoms with Gasteiger partial charge in [0.1, 0.15) is 5.82 Å². The van der Waals surface area contributed by atoms with Crippen LogP contribution in [0.25, 0.3) is 5.65 Å². The van der Waals surface area contributed by atoms with Gasteiger partial charge in [0, 0.05) is 31.2 Å². The standard InChI is InChI=1S/C20H23N7O/c1-13-11-16(13)19-24-23-18-8-7-17(25-27(18)19)22-12-14-3-5-15(6-4-14)26-10-2-9-21-20(26)28/h3-8,13,16H,2,9-12H2,1H3,(H,21,28)(H,22,25). The van der Waals surface area contributed by atoms with Gasteiger partial charge in [-0.05, 0) is 48.6 Å². The number of anilines is 2. The summed E-state index contributed by atoms with van der Waals surface area (Å²) in [7, 11) is 0. The van der Waals surface area contributed by atoms with Crippen LogP contribution in [0, 0.1) is 5.92 Å². The lowest BCUT2D eigenvalue weighted by molar-refractivity contribution is 0.243. The van der Waals surface area contributed by atoms with Crippen LogP contribution < -0.4 is 15.5 Å². The summed E-state index contributed by atoms with van der Waals surface area (Å²) < 4.78 is 1.86. The smallest absolute Gasteiger partial charge is 0.321 e. The summed E-state index contributed by atoms with van der Waals surface area (Å²) >= 11 is 0. The summed E-state index contributed by atoms with van der Waals surface area (Å²) in [6, 6.07) is 11.9. The fourth-order valence-electron chi connectivity index (χ4n) is 3.68. The summed E-state index contributed by atoms with van der Waals surface area (Å²) in [4.78, 5) is 13.7. The average molecular weight is 377 g/mol. The Hall–Kier alpha value is -3.16. The number of rotatable bonds is 5. The van der Waals surface area contributed by atoms with Crippen molar-refractivity contribution in [3.63, 3.8) is 0 Å². The van der Waals surface area contributed by atoms with Gasteiger partial charge >= 0.3 is 6.03 Å². The first-order valence-corrected chi connectivity index (χ1v) is 9.79. The van der Waals surface area contributed by atoms with Crippen LogP contribution in [0.15, 0.2) is 36.4 Å². The third-order valence-electron chi connectivity index (χ3n) is 5.53. The van der Waals surface area contributed by atoms with Crippen molar-refractivity contribution in [3.8, 4) is 0 Å². The molecule has 28 heavy (non-hydrogen) atoms. The molecule has 1 aliphatic heterocycles. The van der Waals surface area contributed by atoms with Crippen molar-refractivity contribution in [2.24, 2.45) is 5.92 Å². The Balaban J connectivity index is 1.27. The SMILES string of the molecule is CC1CC1c1nnc2ccc(NCc3ccc(N4CCCNC4=O)cc3)nn12. The minimum Gasteiger partial charge on any atom is -0.365 e. The van der Waals surface area contributed by atoms with E-state index in [2.05, 4.69) is 32.9 Å². The maximum absolute atomic E-state index is 12.0. The third kappa shape index (κ3) is 3.15. The molecular formula is C20H23N7O. The van der Waals surface area contributed by atoms with Crippen molar-refractivity contribution in [1.82, 2.24) is 25.1 Å². The highest BCUT2D eigenvalue weighted by Gasteiger charge is 2.38. The van der Waals surface area contributed by atoms with Crippen molar-refractivity contribution >= 4 is 23.2 Å². The molecule has 1 aliphatic carbocycles. The zero-order valence-corrected chi connectivity index (χ0v) is 15.8. The molecule has 3 heterocycles. The molecule has 2 atom stereocenters. The number of carbonyl (C=O) groups is 1. The number of nitrogens with zero attached hydrogens (tertiary/aromatic N) is 5. The number of aromatic nitrogens is 4. The number of benzene rings is 1. The first-order chi connectivity index (χ1) is 13.7. The second-order valence-electron chi connectivity index (χ2n) is 7.62. The molecule has 1 aromatic carbocycles. The van der Waals surface area contributed by atoms with E-state index in [1.54, 1.807) is 4.90 Å². The Morgan fingerprint density at radius 3 is 2.75 bits per heavy atom. The molecular weight excluding hydrogens is 354 g/mol. The number of nitrogens with one attached hydrogen (secondary N) is 2.